The van der Waals surface area contributed by atoms with E-state index >= 15 is 0 Å². The number of amides is 2. The molecule has 2 fully saturated rings. The Morgan fingerprint density at radius 3 is 2.84 bits per heavy atom. The minimum absolute atomic E-state index is 0.131. The van der Waals surface area contributed by atoms with Crippen LogP contribution in [0.25, 0.3) is 0 Å². The van der Waals surface area contributed by atoms with Gasteiger partial charge in [-0.05, 0) is 66.4 Å². The Morgan fingerprint density at radius 1 is 1.25 bits per heavy atom. The van der Waals surface area contributed by atoms with Gasteiger partial charge in [-0.3, -0.25) is 14.5 Å². The molecule has 0 aliphatic carbocycles. The zero-order valence-corrected chi connectivity index (χ0v) is 18.4. The lowest BCUT2D eigenvalue weighted by molar-refractivity contribution is -0.143. The summed E-state index contributed by atoms with van der Waals surface area (Å²) >= 11 is 0. The molecule has 3 heterocycles. The topological polar surface area (TPSA) is 96.2 Å². The Bertz CT molecular complexity index is 942. The highest BCUT2D eigenvalue weighted by atomic mass is 19.1. The minimum atomic E-state index is -0.808. The Balaban J connectivity index is 1.33. The molecule has 2 amide bonds. The van der Waals surface area contributed by atoms with Crippen molar-refractivity contribution in [3.05, 3.63) is 41.5 Å². The Hall–Kier alpha value is -2.88. The van der Waals surface area contributed by atoms with Crippen LogP contribution in [0.1, 0.15) is 50.0 Å². The van der Waals surface area contributed by atoms with Crippen LogP contribution in [-0.4, -0.2) is 68.0 Å². The van der Waals surface area contributed by atoms with Crippen LogP contribution in [0.3, 0.4) is 0 Å². The molecular formula is C22H30FN7O2. The first-order chi connectivity index (χ1) is 15.5. The Kier molecular flexibility index (Phi) is 7.09. The van der Waals surface area contributed by atoms with Crippen LogP contribution in [0.2, 0.25) is 0 Å². The van der Waals surface area contributed by atoms with Crippen molar-refractivity contribution in [2.24, 2.45) is 5.92 Å². The predicted molar refractivity (Wildman–Crippen MR) is 115 cm³/mol. The Labute approximate surface area is 186 Å². The molecule has 1 unspecified atom stereocenters. The molecule has 2 aliphatic heterocycles. The van der Waals surface area contributed by atoms with Crippen LogP contribution >= 0.6 is 0 Å². The van der Waals surface area contributed by atoms with Crippen molar-refractivity contribution in [2.45, 2.75) is 51.7 Å². The summed E-state index contributed by atoms with van der Waals surface area (Å²) in [5.74, 6) is 0.730. The van der Waals surface area contributed by atoms with Gasteiger partial charge < -0.3 is 10.2 Å². The number of likely N-dealkylation sites (tertiary alicyclic amines) is 1. The van der Waals surface area contributed by atoms with E-state index in [-0.39, 0.29) is 18.2 Å². The first-order valence-electron chi connectivity index (χ1n) is 11.3. The number of benzene rings is 1. The summed E-state index contributed by atoms with van der Waals surface area (Å²) in [6.45, 7) is 6.40. The number of nitrogens with zero attached hydrogens (tertiary/aromatic N) is 6. The van der Waals surface area contributed by atoms with Crippen LogP contribution in [-0.2, 0) is 22.7 Å². The fraction of sp³-hybridized carbons (Fsp3) is 0.591. The third-order valence-electron chi connectivity index (χ3n) is 6.30. The highest BCUT2D eigenvalue weighted by Gasteiger charge is 2.34. The third kappa shape index (κ3) is 5.29. The maximum atomic E-state index is 13.7. The summed E-state index contributed by atoms with van der Waals surface area (Å²) in [7, 11) is 0. The summed E-state index contributed by atoms with van der Waals surface area (Å²) in [4.78, 5) is 29.3. The summed E-state index contributed by atoms with van der Waals surface area (Å²) in [5, 5.41) is 14.8. The van der Waals surface area contributed by atoms with Crippen LogP contribution in [0.4, 0.5) is 4.39 Å². The molecule has 0 spiro atoms. The van der Waals surface area contributed by atoms with E-state index in [0.717, 1.165) is 24.8 Å². The van der Waals surface area contributed by atoms with Gasteiger partial charge in [-0.25, -0.2) is 9.07 Å². The number of halogens is 1. The quantitative estimate of drug-likeness (QED) is 0.697. The number of piperidine rings is 1. The molecule has 0 bridgehead atoms. The fourth-order valence-corrected chi connectivity index (χ4v) is 4.40. The number of piperazine rings is 1. The molecule has 172 valence electrons. The third-order valence-corrected chi connectivity index (χ3v) is 6.30. The molecule has 0 saturated carbocycles. The van der Waals surface area contributed by atoms with Gasteiger partial charge in [0.1, 0.15) is 11.9 Å². The highest BCUT2D eigenvalue weighted by molar-refractivity contribution is 5.89. The number of tetrazole rings is 1. The maximum absolute atomic E-state index is 13.7. The van der Waals surface area contributed by atoms with Gasteiger partial charge in [0.25, 0.3) is 0 Å². The van der Waals surface area contributed by atoms with Crippen molar-refractivity contribution in [2.75, 3.05) is 26.2 Å². The van der Waals surface area contributed by atoms with Crippen molar-refractivity contribution in [3.63, 3.8) is 0 Å². The summed E-state index contributed by atoms with van der Waals surface area (Å²) in [5.41, 5.74) is 0.481. The van der Waals surface area contributed by atoms with Crippen LogP contribution in [0, 0.1) is 11.7 Å². The molecule has 1 aromatic heterocycles. The number of carbonyl (C=O) groups excluding carboxylic acids is 2. The molecular weight excluding hydrogens is 413 g/mol. The smallest absolute Gasteiger partial charge is 0.247 e. The van der Waals surface area contributed by atoms with Crippen LogP contribution in [0.5, 0.6) is 0 Å². The van der Waals surface area contributed by atoms with E-state index in [0.29, 0.717) is 38.2 Å². The average Bonchev–Trinajstić information content (AvgIpc) is 3.22. The van der Waals surface area contributed by atoms with Gasteiger partial charge in [-0.15, -0.1) is 5.10 Å². The number of hydrogen-bond acceptors (Lipinski definition) is 6. The SMILES string of the molecule is CC1CCN(Cc2nnnn2CCCC(=O)N2CCNC(=O)C2c2cccc(F)c2)CC1. The second-order valence-corrected chi connectivity index (χ2v) is 8.72. The summed E-state index contributed by atoms with van der Waals surface area (Å²) in [6.07, 6.45) is 3.19. The van der Waals surface area contributed by atoms with E-state index in [1.807, 2.05) is 0 Å². The van der Waals surface area contributed by atoms with Crippen molar-refractivity contribution < 1.29 is 14.0 Å². The number of rotatable bonds is 7. The maximum Gasteiger partial charge on any atom is 0.247 e. The van der Waals surface area contributed by atoms with Gasteiger partial charge in [0, 0.05) is 26.1 Å². The molecule has 1 aromatic carbocycles. The number of aryl methyl sites for hydroxylation is 1. The monoisotopic (exact) mass is 443 g/mol. The molecule has 2 aromatic rings. The van der Waals surface area contributed by atoms with Gasteiger partial charge in [0.05, 0.1) is 6.54 Å². The number of nitrogens with one attached hydrogen (secondary N) is 1. The highest BCUT2D eigenvalue weighted by Crippen LogP contribution is 2.25. The lowest BCUT2D eigenvalue weighted by Gasteiger charge is -2.35. The molecule has 2 saturated heterocycles. The zero-order chi connectivity index (χ0) is 22.5. The molecule has 10 heteroatoms. The minimum Gasteiger partial charge on any atom is -0.352 e. The predicted octanol–water partition coefficient (Wildman–Crippen LogP) is 1.52. The van der Waals surface area contributed by atoms with Gasteiger partial charge >= 0.3 is 0 Å². The lowest BCUT2D eigenvalue weighted by atomic mass is 9.99. The second-order valence-electron chi connectivity index (χ2n) is 8.72. The Morgan fingerprint density at radius 2 is 2.06 bits per heavy atom. The second kappa shape index (κ2) is 10.2. The van der Waals surface area contributed by atoms with E-state index in [2.05, 4.69) is 32.7 Å². The summed E-state index contributed by atoms with van der Waals surface area (Å²) < 4.78 is 15.5. The number of carbonyl (C=O) groups is 2. The molecule has 9 nitrogen and oxygen atoms in total. The molecule has 4 rings (SSSR count). The van der Waals surface area contributed by atoms with E-state index in [1.54, 1.807) is 21.7 Å². The lowest BCUT2D eigenvalue weighted by Crippen LogP contribution is -2.52. The van der Waals surface area contributed by atoms with Crippen molar-refractivity contribution >= 4 is 11.8 Å². The van der Waals surface area contributed by atoms with E-state index in [9.17, 15) is 14.0 Å². The largest absolute Gasteiger partial charge is 0.352 e. The van der Waals surface area contributed by atoms with Crippen molar-refractivity contribution in [1.29, 1.82) is 0 Å². The normalized spacial score (nSPS) is 20.4. The summed E-state index contributed by atoms with van der Waals surface area (Å²) in [6, 6.07) is 5.05. The number of hydrogen-bond donors (Lipinski definition) is 1. The van der Waals surface area contributed by atoms with E-state index in [4.69, 9.17) is 0 Å². The molecule has 0 radical (unpaired) electrons. The molecule has 32 heavy (non-hydrogen) atoms. The molecule has 1 N–H and O–H groups in total. The van der Waals surface area contributed by atoms with Crippen molar-refractivity contribution in [3.8, 4) is 0 Å². The first kappa shape index (κ1) is 22.3. The molecule has 2 aliphatic rings. The van der Waals surface area contributed by atoms with Gasteiger partial charge in [-0.2, -0.15) is 0 Å². The average molecular weight is 444 g/mol. The van der Waals surface area contributed by atoms with E-state index < -0.39 is 11.9 Å². The van der Waals surface area contributed by atoms with Crippen LogP contribution in [0.15, 0.2) is 24.3 Å². The molecule has 1 atom stereocenters. The van der Waals surface area contributed by atoms with Crippen LogP contribution < -0.4 is 5.32 Å². The van der Waals surface area contributed by atoms with Gasteiger partial charge in [-0.1, -0.05) is 19.1 Å². The van der Waals surface area contributed by atoms with Gasteiger partial charge in [0.2, 0.25) is 11.8 Å². The fourth-order valence-electron chi connectivity index (χ4n) is 4.40. The standard InChI is InChI=1S/C22H30FN7O2/c1-16-7-11-28(12-8-16)15-19-25-26-27-30(19)10-3-6-20(31)29-13-9-24-22(32)21(29)17-4-2-5-18(23)14-17/h2,4-5,14,16,21H,3,6-13,15H2,1H3,(H,24,32). The number of aromatic nitrogens is 4. The van der Waals surface area contributed by atoms with Crippen molar-refractivity contribution in [1.82, 2.24) is 35.3 Å². The first-order valence-corrected chi connectivity index (χ1v) is 11.3. The van der Waals surface area contributed by atoms with E-state index in [1.165, 1.54) is 25.0 Å². The van der Waals surface area contributed by atoms with Gasteiger partial charge in [0.15, 0.2) is 5.82 Å². The zero-order valence-electron chi connectivity index (χ0n) is 18.4.